The molecular formula is C13H20N4O2. The van der Waals surface area contributed by atoms with Gasteiger partial charge in [-0.15, -0.1) is 0 Å². The van der Waals surface area contributed by atoms with E-state index >= 15 is 0 Å². The van der Waals surface area contributed by atoms with Crippen molar-refractivity contribution >= 4 is 16.7 Å². The second-order valence-corrected chi connectivity index (χ2v) is 4.60. The highest BCUT2D eigenvalue weighted by Crippen LogP contribution is 2.18. The Kier molecular flexibility index (Phi) is 4.34. The molecule has 6 nitrogen and oxygen atoms in total. The highest BCUT2D eigenvalue weighted by atomic mass is 16.7. The van der Waals surface area contributed by atoms with Gasteiger partial charge in [0.05, 0.1) is 24.6 Å². The van der Waals surface area contributed by atoms with E-state index in [2.05, 4.69) is 29.2 Å². The van der Waals surface area contributed by atoms with E-state index in [-0.39, 0.29) is 6.29 Å². The first-order valence-corrected chi connectivity index (χ1v) is 6.28. The molecule has 2 heterocycles. The highest BCUT2D eigenvalue weighted by Gasteiger charge is 2.09. The van der Waals surface area contributed by atoms with Crippen LogP contribution in [-0.4, -0.2) is 41.8 Å². The minimum atomic E-state index is -0.269. The van der Waals surface area contributed by atoms with Gasteiger partial charge in [0.25, 0.3) is 0 Å². The molecule has 0 aliphatic rings. The third kappa shape index (κ3) is 3.02. The summed E-state index contributed by atoms with van der Waals surface area (Å²) >= 11 is 0. The number of aromatic nitrogens is 3. The summed E-state index contributed by atoms with van der Waals surface area (Å²) in [6.45, 7) is 4.74. The van der Waals surface area contributed by atoms with Crippen LogP contribution in [0.4, 0.5) is 5.69 Å². The normalized spacial score (nSPS) is 11.7. The summed E-state index contributed by atoms with van der Waals surface area (Å²) in [5.74, 6) is 0. The maximum Gasteiger partial charge on any atom is 0.173 e. The first-order chi connectivity index (χ1) is 9.15. The summed E-state index contributed by atoms with van der Waals surface area (Å²) in [5.41, 5.74) is 1.82. The zero-order valence-electron chi connectivity index (χ0n) is 11.8. The molecular weight excluding hydrogens is 244 g/mol. The van der Waals surface area contributed by atoms with Crippen molar-refractivity contribution in [3.05, 3.63) is 18.5 Å². The monoisotopic (exact) mass is 264 g/mol. The first-order valence-electron chi connectivity index (χ1n) is 6.28. The molecule has 104 valence electrons. The van der Waals surface area contributed by atoms with Crippen molar-refractivity contribution in [3.63, 3.8) is 0 Å². The van der Waals surface area contributed by atoms with E-state index in [1.807, 2.05) is 16.9 Å². The molecule has 2 rings (SSSR count). The predicted octanol–water partition coefficient (Wildman–Crippen LogP) is 2.04. The van der Waals surface area contributed by atoms with Gasteiger partial charge >= 0.3 is 0 Å². The molecule has 0 aliphatic heterocycles. The van der Waals surface area contributed by atoms with Gasteiger partial charge in [0.1, 0.15) is 0 Å². The molecule has 0 saturated heterocycles. The fourth-order valence-corrected chi connectivity index (χ4v) is 1.88. The van der Waals surface area contributed by atoms with Crippen molar-refractivity contribution in [2.75, 3.05) is 26.1 Å². The standard InChI is InChI=1S/C13H20N4O2/c1-9(2)17-13-10(6-16-17)5-11(7-15-13)14-8-12(18-3)19-4/h5-7,9,12,14H,8H2,1-4H3. The van der Waals surface area contributed by atoms with Crippen LogP contribution >= 0.6 is 0 Å². The van der Waals surface area contributed by atoms with Crippen molar-refractivity contribution in [1.82, 2.24) is 14.8 Å². The quantitative estimate of drug-likeness (QED) is 0.809. The number of anilines is 1. The van der Waals surface area contributed by atoms with Crippen LogP contribution in [0.1, 0.15) is 19.9 Å². The molecule has 0 aromatic carbocycles. The van der Waals surface area contributed by atoms with E-state index < -0.39 is 0 Å². The zero-order valence-corrected chi connectivity index (χ0v) is 11.8. The van der Waals surface area contributed by atoms with Gasteiger partial charge in [0, 0.05) is 25.6 Å². The first kappa shape index (κ1) is 13.8. The van der Waals surface area contributed by atoms with Crippen LogP contribution in [0.15, 0.2) is 18.5 Å². The predicted molar refractivity (Wildman–Crippen MR) is 74.2 cm³/mol. The molecule has 0 spiro atoms. The number of nitrogens with zero attached hydrogens (tertiary/aromatic N) is 3. The molecule has 6 heteroatoms. The minimum Gasteiger partial charge on any atom is -0.379 e. The summed E-state index contributed by atoms with van der Waals surface area (Å²) in [7, 11) is 3.23. The summed E-state index contributed by atoms with van der Waals surface area (Å²) in [6, 6.07) is 2.33. The molecule has 0 unspecified atom stereocenters. The summed E-state index contributed by atoms with van der Waals surface area (Å²) in [6.07, 6.45) is 3.36. The molecule has 1 N–H and O–H groups in total. The molecule has 0 fully saturated rings. The Labute approximate surface area is 112 Å². The lowest BCUT2D eigenvalue weighted by molar-refractivity contribution is -0.0914. The third-order valence-corrected chi connectivity index (χ3v) is 2.92. The second kappa shape index (κ2) is 5.99. The van der Waals surface area contributed by atoms with Crippen LogP contribution < -0.4 is 5.32 Å². The van der Waals surface area contributed by atoms with Crippen molar-refractivity contribution in [2.45, 2.75) is 26.2 Å². The maximum absolute atomic E-state index is 5.12. The lowest BCUT2D eigenvalue weighted by Gasteiger charge is -2.14. The van der Waals surface area contributed by atoms with Gasteiger partial charge in [-0.05, 0) is 19.9 Å². The molecule has 19 heavy (non-hydrogen) atoms. The van der Waals surface area contributed by atoms with Crippen molar-refractivity contribution in [1.29, 1.82) is 0 Å². The van der Waals surface area contributed by atoms with Crippen LogP contribution in [0.3, 0.4) is 0 Å². The van der Waals surface area contributed by atoms with Gasteiger partial charge in [-0.2, -0.15) is 5.10 Å². The van der Waals surface area contributed by atoms with Crippen molar-refractivity contribution < 1.29 is 9.47 Å². The topological polar surface area (TPSA) is 61.2 Å². The number of nitrogens with one attached hydrogen (secondary N) is 1. The Morgan fingerprint density at radius 3 is 2.63 bits per heavy atom. The van der Waals surface area contributed by atoms with E-state index in [1.165, 1.54) is 0 Å². The molecule has 0 bridgehead atoms. The van der Waals surface area contributed by atoms with Gasteiger partial charge in [-0.1, -0.05) is 0 Å². The molecule has 0 radical (unpaired) electrons. The average Bonchev–Trinajstić information content (AvgIpc) is 2.83. The number of rotatable bonds is 6. The van der Waals surface area contributed by atoms with Crippen LogP contribution in [-0.2, 0) is 9.47 Å². The summed E-state index contributed by atoms with van der Waals surface area (Å²) in [4.78, 5) is 4.45. The largest absolute Gasteiger partial charge is 0.379 e. The number of pyridine rings is 1. The molecule has 2 aromatic heterocycles. The van der Waals surface area contributed by atoms with E-state index in [0.717, 1.165) is 16.7 Å². The Balaban J connectivity index is 2.14. The molecule has 0 atom stereocenters. The lowest BCUT2D eigenvalue weighted by atomic mass is 10.3. The Morgan fingerprint density at radius 2 is 2.00 bits per heavy atom. The van der Waals surface area contributed by atoms with E-state index in [9.17, 15) is 0 Å². The molecule has 2 aromatic rings. The fraction of sp³-hybridized carbons (Fsp3) is 0.538. The fourth-order valence-electron chi connectivity index (χ4n) is 1.88. The van der Waals surface area contributed by atoms with Gasteiger partial charge in [-0.25, -0.2) is 9.67 Å². The number of hydrogen-bond donors (Lipinski definition) is 1. The van der Waals surface area contributed by atoms with Crippen LogP contribution in [0.2, 0.25) is 0 Å². The van der Waals surface area contributed by atoms with Crippen LogP contribution in [0.25, 0.3) is 11.0 Å². The zero-order chi connectivity index (χ0) is 13.8. The SMILES string of the molecule is COC(CNc1cnc2c(cnn2C(C)C)c1)OC. The third-order valence-electron chi connectivity index (χ3n) is 2.92. The summed E-state index contributed by atoms with van der Waals surface area (Å²) < 4.78 is 12.2. The lowest BCUT2D eigenvalue weighted by Crippen LogP contribution is -2.23. The van der Waals surface area contributed by atoms with Crippen LogP contribution in [0.5, 0.6) is 0 Å². The van der Waals surface area contributed by atoms with E-state index in [1.54, 1.807) is 20.4 Å². The van der Waals surface area contributed by atoms with Gasteiger partial charge in [-0.3, -0.25) is 0 Å². The Bertz CT molecular complexity index is 534. The van der Waals surface area contributed by atoms with Gasteiger partial charge < -0.3 is 14.8 Å². The number of hydrogen-bond acceptors (Lipinski definition) is 5. The Hall–Kier alpha value is -1.66. The molecule has 0 aliphatic carbocycles. The summed E-state index contributed by atoms with van der Waals surface area (Å²) in [5, 5.41) is 8.59. The Morgan fingerprint density at radius 1 is 1.26 bits per heavy atom. The second-order valence-electron chi connectivity index (χ2n) is 4.60. The number of fused-ring (bicyclic) bond motifs is 1. The molecule has 0 saturated carbocycles. The minimum absolute atomic E-state index is 0.269. The number of ether oxygens (including phenoxy) is 2. The van der Waals surface area contributed by atoms with E-state index in [4.69, 9.17) is 9.47 Å². The van der Waals surface area contributed by atoms with E-state index in [0.29, 0.717) is 12.6 Å². The molecule has 0 amide bonds. The maximum atomic E-state index is 5.12. The van der Waals surface area contributed by atoms with Crippen molar-refractivity contribution in [2.24, 2.45) is 0 Å². The highest BCUT2D eigenvalue weighted by molar-refractivity contribution is 5.78. The number of methoxy groups -OCH3 is 2. The van der Waals surface area contributed by atoms with Gasteiger partial charge in [0.15, 0.2) is 11.9 Å². The average molecular weight is 264 g/mol. The van der Waals surface area contributed by atoms with Crippen molar-refractivity contribution in [3.8, 4) is 0 Å². The van der Waals surface area contributed by atoms with Crippen LogP contribution in [0, 0.1) is 0 Å². The smallest absolute Gasteiger partial charge is 0.173 e. The van der Waals surface area contributed by atoms with Gasteiger partial charge in [0.2, 0.25) is 0 Å².